The number of nitrogens with zero attached hydrogens (tertiary/aromatic N) is 3. The average Bonchev–Trinajstić information content (AvgIpc) is 3.36. The monoisotopic (exact) mass is 417 g/mol. The minimum Gasteiger partial charge on any atom is -0.483 e. The predicted octanol–water partition coefficient (Wildman–Crippen LogP) is 3.57. The number of hydrazone groups is 1. The van der Waals surface area contributed by atoms with Gasteiger partial charge < -0.3 is 4.74 Å². The molecule has 8 nitrogen and oxygen atoms in total. The summed E-state index contributed by atoms with van der Waals surface area (Å²) in [5, 5.41) is 16.6. The molecule has 5 atom stereocenters. The van der Waals surface area contributed by atoms with Crippen molar-refractivity contribution in [1.29, 1.82) is 0 Å². The van der Waals surface area contributed by atoms with Crippen molar-refractivity contribution in [3.05, 3.63) is 45.0 Å². The van der Waals surface area contributed by atoms with Crippen LogP contribution < -0.4 is 4.74 Å². The molecule has 0 N–H and O–H groups in total. The number of hydrogen-bond acceptors (Lipinski definition) is 6. The van der Waals surface area contributed by atoms with Gasteiger partial charge in [-0.1, -0.05) is 30.7 Å². The van der Waals surface area contributed by atoms with Crippen molar-refractivity contribution >= 4 is 35.3 Å². The molecule has 1 aliphatic heterocycles. The molecule has 9 heteroatoms. The normalized spacial score (nSPS) is 28.4. The lowest BCUT2D eigenvalue weighted by molar-refractivity contribution is -0.386. The number of benzene rings is 1. The summed E-state index contributed by atoms with van der Waals surface area (Å²) >= 11 is 6.04. The van der Waals surface area contributed by atoms with Gasteiger partial charge in [0.05, 0.1) is 29.1 Å². The second-order valence-electron chi connectivity index (χ2n) is 7.67. The van der Waals surface area contributed by atoms with Crippen LogP contribution in [0.25, 0.3) is 0 Å². The van der Waals surface area contributed by atoms with E-state index in [9.17, 15) is 19.7 Å². The molecular weight excluding hydrogens is 398 g/mol. The molecular formula is C20H20ClN3O5. The fourth-order valence-corrected chi connectivity index (χ4v) is 4.59. The number of amides is 2. The summed E-state index contributed by atoms with van der Waals surface area (Å²) in [5.74, 6) is -1.20. The Bertz CT molecular complexity index is 930. The van der Waals surface area contributed by atoms with E-state index in [4.69, 9.17) is 16.3 Å². The summed E-state index contributed by atoms with van der Waals surface area (Å²) in [4.78, 5) is 36.4. The number of nitro groups is 1. The van der Waals surface area contributed by atoms with Crippen molar-refractivity contribution in [2.45, 2.75) is 32.8 Å². The average molecular weight is 418 g/mol. The number of rotatable bonds is 6. The number of ether oxygens (including phenoxy) is 1. The summed E-state index contributed by atoms with van der Waals surface area (Å²) in [7, 11) is 0. The van der Waals surface area contributed by atoms with Crippen LogP contribution in [0.1, 0.15) is 32.3 Å². The van der Waals surface area contributed by atoms with E-state index in [1.165, 1.54) is 18.3 Å². The van der Waals surface area contributed by atoms with Gasteiger partial charge in [-0.15, -0.1) is 0 Å². The van der Waals surface area contributed by atoms with E-state index in [0.29, 0.717) is 6.42 Å². The van der Waals surface area contributed by atoms with Gasteiger partial charge in [0.2, 0.25) is 5.75 Å². The van der Waals surface area contributed by atoms with Gasteiger partial charge in [-0.2, -0.15) is 10.1 Å². The Hall–Kier alpha value is -2.74. The van der Waals surface area contributed by atoms with E-state index < -0.39 is 4.92 Å². The molecule has 1 aromatic carbocycles. The molecule has 5 unspecified atom stereocenters. The smallest absolute Gasteiger partial charge is 0.313 e. The molecule has 152 valence electrons. The molecule has 1 aromatic rings. The maximum Gasteiger partial charge on any atom is 0.313 e. The van der Waals surface area contributed by atoms with Crippen LogP contribution in [0.15, 0.2) is 29.4 Å². The van der Waals surface area contributed by atoms with Crippen LogP contribution in [0.4, 0.5) is 5.69 Å². The van der Waals surface area contributed by atoms with Crippen LogP contribution >= 0.6 is 11.6 Å². The first-order chi connectivity index (χ1) is 13.8. The highest BCUT2D eigenvalue weighted by atomic mass is 35.5. The van der Waals surface area contributed by atoms with Crippen LogP contribution in [-0.2, 0) is 9.59 Å². The summed E-state index contributed by atoms with van der Waals surface area (Å²) < 4.78 is 5.74. The summed E-state index contributed by atoms with van der Waals surface area (Å²) in [6, 6.07) is 2.67. The molecule has 3 aliphatic rings. The van der Waals surface area contributed by atoms with Gasteiger partial charge in [-0.25, -0.2) is 0 Å². The Labute approximate surface area is 172 Å². The zero-order chi connectivity index (χ0) is 20.9. The molecule has 1 saturated carbocycles. The Kier molecular flexibility index (Phi) is 4.90. The molecule has 0 spiro atoms. The van der Waals surface area contributed by atoms with E-state index in [2.05, 4.69) is 5.10 Å². The Morgan fingerprint density at radius 3 is 2.48 bits per heavy atom. The number of halogens is 1. The van der Waals surface area contributed by atoms with Crippen LogP contribution in [0.5, 0.6) is 5.75 Å². The van der Waals surface area contributed by atoms with Gasteiger partial charge in [0.25, 0.3) is 11.8 Å². The lowest BCUT2D eigenvalue weighted by Crippen LogP contribution is -2.28. The lowest BCUT2D eigenvalue weighted by atomic mass is 9.85. The second kappa shape index (κ2) is 7.26. The Morgan fingerprint density at radius 1 is 1.31 bits per heavy atom. The molecule has 2 fully saturated rings. The van der Waals surface area contributed by atoms with E-state index in [1.54, 1.807) is 6.92 Å². The number of nitro benzene ring substituents is 1. The fraction of sp³-hybridized carbons (Fsp3) is 0.450. The van der Waals surface area contributed by atoms with Gasteiger partial charge in [-0.3, -0.25) is 19.7 Å². The van der Waals surface area contributed by atoms with E-state index in [-0.39, 0.29) is 63.6 Å². The molecule has 2 aliphatic carbocycles. The van der Waals surface area contributed by atoms with E-state index >= 15 is 0 Å². The van der Waals surface area contributed by atoms with Crippen LogP contribution in [0.2, 0.25) is 5.02 Å². The highest BCUT2D eigenvalue weighted by Gasteiger charge is 2.59. The largest absolute Gasteiger partial charge is 0.483 e. The van der Waals surface area contributed by atoms with Crippen LogP contribution in [-0.4, -0.2) is 34.1 Å². The van der Waals surface area contributed by atoms with Crippen molar-refractivity contribution in [2.75, 3.05) is 0 Å². The zero-order valence-electron chi connectivity index (χ0n) is 15.9. The molecule has 1 heterocycles. The molecule has 2 bridgehead atoms. The highest BCUT2D eigenvalue weighted by molar-refractivity contribution is 6.31. The van der Waals surface area contributed by atoms with Gasteiger partial charge in [0, 0.05) is 16.7 Å². The number of carbonyl (C=O) groups excluding carboxylic acids is 2. The Morgan fingerprint density at radius 2 is 1.93 bits per heavy atom. The zero-order valence-corrected chi connectivity index (χ0v) is 16.7. The van der Waals surface area contributed by atoms with Crippen molar-refractivity contribution in [1.82, 2.24) is 5.01 Å². The molecule has 0 aromatic heterocycles. The third kappa shape index (κ3) is 3.21. The molecule has 2 amide bonds. The standard InChI is InChI=1S/C20H20ClN3O5/c1-3-10(2)29-18-13(7-14(21)8-15(18)24(27)28)9-22-23-19(25)16-11-4-5-12(6-11)17(16)20(23)26/h4-5,7-12,16-17H,3,6H2,1-2H3. The summed E-state index contributed by atoms with van der Waals surface area (Å²) in [5.41, 5.74) is -0.0549. The van der Waals surface area contributed by atoms with Crippen molar-refractivity contribution in [3.8, 4) is 5.75 Å². The first kappa shape index (κ1) is 19.6. The Balaban J connectivity index is 1.67. The topological polar surface area (TPSA) is 102 Å². The number of imide groups is 1. The van der Waals surface area contributed by atoms with Crippen LogP contribution in [0.3, 0.4) is 0 Å². The minimum absolute atomic E-state index is 0.0125. The molecule has 1 saturated heterocycles. The third-order valence-corrected chi connectivity index (χ3v) is 6.13. The number of carbonyl (C=O) groups is 2. The maximum absolute atomic E-state index is 12.8. The predicted molar refractivity (Wildman–Crippen MR) is 106 cm³/mol. The molecule has 0 radical (unpaired) electrons. The van der Waals surface area contributed by atoms with Gasteiger partial charge >= 0.3 is 5.69 Å². The second-order valence-corrected chi connectivity index (χ2v) is 8.11. The fourth-order valence-electron chi connectivity index (χ4n) is 4.36. The maximum atomic E-state index is 12.8. The van der Waals surface area contributed by atoms with Crippen molar-refractivity contribution < 1.29 is 19.2 Å². The highest BCUT2D eigenvalue weighted by Crippen LogP contribution is 2.52. The SMILES string of the molecule is CCC(C)Oc1c(C=NN2C(=O)C3C4C=CC(C4)C3C2=O)cc(Cl)cc1[N+](=O)[O-]. The number of fused-ring (bicyclic) bond motifs is 5. The van der Waals surface area contributed by atoms with Gasteiger partial charge in [0.15, 0.2) is 0 Å². The van der Waals surface area contributed by atoms with Crippen molar-refractivity contribution in [3.63, 3.8) is 0 Å². The van der Waals surface area contributed by atoms with Crippen molar-refractivity contribution in [2.24, 2.45) is 28.8 Å². The summed E-state index contributed by atoms with van der Waals surface area (Å²) in [6.07, 6.45) is 6.43. The first-order valence-corrected chi connectivity index (χ1v) is 9.94. The minimum atomic E-state index is -0.582. The quantitative estimate of drug-likeness (QED) is 0.231. The lowest BCUT2D eigenvalue weighted by Gasteiger charge is -2.15. The summed E-state index contributed by atoms with van der Waals surface area (Å²) in [6.45, 7) is 3.68. The molecule has 29 heavy (non-hydrogen) atoms. The van der Waals surface area contributed by atoms with Gasteiger partial charge in [-0.05, 0) is 37.7 Å². The molecule has 4 rings (SSSR count). The van der Waals surface area contributed by atoms with Crippen LogP contribution in [0, 0.1) is 33.8 Å². The van der Waals surface area contributed by atoms with Gasteiger partial charge in [0.1, 0.15) is 0 Å². The number of hydrogen-bond donors (Lipinski definition) is 0. The number of allylic oxidation sites excluding steroid dienone is 2. The van der Waals surface area contributed by atoms with E-state index in [0.717, 1.165) is 11.4 Å². The first-order valence-electron chi connectivity index (χ1n) is 9.56. The third-order valence-electron chi connectivity index (χ3n) is 5.91. The van der Waals surface area contributed by atoms with E-state index in [1.807, 2.05) is 19.1 Å².